The Kier molecular flexibility index (Phi) is 11.4. The number of nitrogens with one attached hydrogen (secondary N) is 2. The number of amides is 3. The highest BCUT2D eigenvalue weighted by Gasteiger charge is 2.45. The monoisotopic (exact) mass is 640 g/mol. The molecule has 1 aliphatic heterocycles. The first-order valence-electron chi connectivity index (χ1n) is 16.0. The average Bonchev–Trinajstić information content (AvgIpc) is 3.60. The van der Waals surface area contributed by atoms with E-state index >= 15 is 0 Å². The Morgan fingerprint density at radius 3 is 2.31 bits per heavy atom. The largest absolute Gasteiger partial charge is 0.466 e. The van der Waals surface area contributed by atoms with Crippen molar-refractivity contribution in [3.8, 4) is 10.4 Å². The number of rotatable bonds is 10. The summed E-state index contributed by atoms with van der Waals surface area (Å²) in [5.74, 6) is -1.17. The summed E-state index contributed by atoms with van der Waals surface area (Å²) in [6.45, 7) is 11.7. The summed E-state index contributed by atoms with van der Waals surface area (Å²) in [6.07, 6.45) is 2.42. The number of nitrogens with zero attached hydrogens (tertiary/aromatic N) is 2. The highest BCUT2D eigenvalue weighted by atomic mass is 32.1. The van der Waals surface area contributed by atoms with Crippen molar-refractivity contribution in [2.45, 2.75) is 104 Å². The molecule has 1 aliphatic carbocycles. The first-order chi connectivity index (χ1) is 21.3. The van der Waals surface area contributed by atoms with Gasteiger partial charge in [0.2, 0.25) is 17.7 Å². The van der Waals surface area contributed by atoms with E-state index in [0.29, 0.717) is 25.9 Å². The molecule has 1 saturated carbocycles. The maximum atomic E-state index is 14.0. The quantitative estimate of drug-likeness (QED) is 0.324. The fraction of sp³-hybridized carbons (Fsp3) is 0.618. The van der Waals surface area contributed by atoms with Gasteiger partial charge in [-0.25, -0.2) is 4.98 Å². The minimum Gasteiger partial charge on any atom is -0.466 e. The number of aliphatic hydroxyl groups excluding tert-OH is 1. The number of thiazole rings is 1. The maximum Gasteiger partial charge on any atom is 0.306 e. The third-order valence-electron chi connectivity index (χ3n) is 9.02. The third kappa shape index (κ3) is 8.70. The summed E-state index contributed by atoms with van der Waals surface area (Å²) < 4.78 is 5.07. The summed E-state index contributed by atoms with van der Waals surface area (Å²) >= 11 is 1.58. The normalized spacial score (nSPS) is 23.2. The lowest BCUT2D eigenvalue weighted by Crippen LogP contribution is -2.58. The molecule has 0 unspecified atom stereocenters. The predicted octanol–water partition coefficient (Wildman–Crippen LogP) is 4.55. The van der Waals surface area contributed by atoms with Gasteiger partial charge in [-0.2, -0.15) is 0 Å². The van der Waals surface area contributed by atoms with Gasteiger partial charge in [0.05, 0.1) is 34.8 Å². The highest BCUT2D eigenvalue weighted by molar-refractivity contribution is 7.13. The summed E-state index contributed by atoms with van der Waals surface area (Å²) in [5, 5.41) is 16.6. The number of β-amino-alcohol motifs (C(OH)–C–C–N with tert-alkyl or cyclic N) is 1. The lowest BCUT2D eigenvalue weighted by atomic mass is 9.79. The van der Waals surface area contributed by atoms with Crippen LogP contribution in [0.25, 0.3) is 10.4 Å². The van der Waals surface area contributed by atoms with E-state index in [1.807, 2.05) is 64.4 Å². The number of aryl methyl sites for hydroxylation is 1. The van der Waals surface area contributed by atoms with Crippen LogP contribution in [-0.4, -0.2) is 70.0 Å². The number of carbonyl (C=O) groups is 4. The van der Waals surface area contributed by atoms with Gasteiger partial charge in [-0.15, -0.1) is 11.3 Å². The van der Waals surface area contributed by atoms with E-state index in [4.69, 9.17) is 4.74 Å². The SMILES string of the molecule is CCOC(=O)CC1CCC(C(=O)N[C@H](C(=O)N2C[C@H](O)C[C@H]2C(=O)N[C@@H](C)c2ccc(-c3scnc3C)cc2)C(C)(C)C)CC1. The van der Waals surface area contributed by atoms with Gasteiger partial charge in [0.15, 0.2) is 0 Å². The fourth-order valence-electron chi connectivity index (χ4n) is 6.36. The van der Waals surface area contributed by atoms with Gasteiger partial charge in [0.1, 0.15) is 12.1 Å². The van der Waals surface area contributed by atoms with Gasteiger partial charge in [-0.1, -0.05) is 45.0 Å². The molecule has 0 bridgehead atoms. The van der Waals surface area contributed by atoms with Crippen LogP contribution in [0, 0.1) is 24.2 Å². The van der Waals surface area contributed by atoms with Crippen LogP contribution in [0.2, 0.25) is 0 Å². The minimum atomic E-state index is -0.872. The molecule has 11 heteroatoms. The number of hydrogen-bond acceptors (Lipinski definition) is 8. The second-order valence-electron chi connectivity index (χ2n) is 13.5. The van der Waals surface area contributed by atoms with Crippen LogP contribution in [0.3, 0.4) is 0 Å². The molecule has 2 aromatic rings. The van der Waals surface area contributed by atoms with E-state index < -0.39 is 23.6 Å². The fourth-order valence-corrected chi connectivity index (χ4v) is 7.17. The van der Waals surface area contributed by atoms with Gasteiger partial charge in [-0.3, -0.25) is 19.2 Å². The van der Waals surface area contributed by atoms with E-state index in [1.54, 1.807) is 18.3 Å². The molecule has 0 radical (unpaired) electrons. The Balaban J connectivity index is 1.39. The molecule has 246 valence electrons. The molecule has 1 aromatic heterocycles. The molecule has 0 spiro atoms. The van der Waals surface area contributed by atoms with Crippen LogP contribution in [-0.2, 0) is 23.9 Å². The molecule has 3 amide bonds. The number of esters is 1. The molecular formula is C34H48N4O6S. The number of ether oxygens (including phenoxy) is 1. The lowest BCUT2D eigenvalue weighted by Gasteiger charge is -2.37. The number of benzene rings is 1. The first kappa shape index (κ1) is 34.6. The number of carbonyl (C=O) groups excluding carboxylic acids is 4. The standard InChI is InChI=1S/C34H48N4O6S/c1-7-44-28(40)16-22-8-10-25(11-9-22)31(41)37-30(34(4,5)6)33(43)38-18-26(39)17-27(38)32(42)36-20(2)23-12-14-24(15-13-23)29-21(3)35-19-45-29/h12-15,19-20,22,25-27,30,39H,7-11,16-18H2,1-6H3,(H,36,42)(H,37,41)/t20-,22?,25?,26+,27-,30+/m0/s1. The molecular weight excluding hydrogens is 592 g/mol. The van der Waals surface area contributed by atoms with E-state index in [0.717, 1.165) is 34.5 Å². The molecule has 1 aromatic carbocycles. The summed E-state index contributed by atoms with van der Waals surface area (Å²) in [4.78, 5) is 59.7. The van der Waals surface area contributed by atoms with Crippen LogP contribution in [0.15, 0.2) is 29.8 Å². The zero-order valence-electron chi connectivity index (χ0n) is 27.3. The van der Waals surface area contributed by atoms with Crippen molar-refractivity contribution in [3.05, 3.63) is 41.0 Å². The zero-order valence-corrected chi connectivity index (χ0v) is 28.1. The second-order valence-corrected chi connectivity index (χ2v) is 14.4. The molecule has 4 rings (SSSR count). The van der Waals surface area contributed by atoms with Gasteiger partial charge < -0.3 is 25.4 Å². The van der Waals surface area contributed by atoms with Gasteiger partial charge >= 0.3 is 5.97 Å². The van der Waals surface area contributed by atoms with Crippen LogP contribution < -0.4 is 10.6 Å². The summed E-state index contributed by atoms with van der Waals surface area (Å²) in [7, 11) is 0. The van der Waals surface area contributed by atoms with Crippen molar-refractivity contribution >= 4 is 35.0 Å². The molecule has 3 N–H and O–H groups in total. The highest BCUT2D eigenvalue weighted by Crippen LogP contribution is 2.33. The van der Waals surface area contributed by atoms with E-state index in [2.05, 4.69) is 15.6 Å². The molecule has 45 heavy (non-hydrogen) atoms. The number of likely N-dealkylation sites (tertiary alicyclic amines) is 1. The van der Waals surface area contributed by atoms with E-state index in [9.17, 15) is 24.3 Å². The summed E-state index contributed by atoms with van der Waals surface area (Å²) in [5.41, 5.74) is 4.15. The molecule has 10 nitrogen and oxygen atoms in total. The molecule has 4 atom stereocenters. The summed E-state index contributed by atoms with van der Waals surface area (Å²) in [6, 6.07) is 5.93. The Hall–Kier alpha value is -3.31. The maximum absolute atomic E-state index is 14.0. The third-order valence-corrected chi connectivity index (χ3v) is 10.00. The van der Waals surface area contributed by atoms with Crippen LogP contribution in [0.5, 0.6) is 0 Å². The van der Waals surface area contributed by atoms with Crippen LogP contribution in [0.4, 0.5) is 0 Å². The average molecular weight is 641 g/mol. The van der Waals surface area contributed by atoms with Crippen molar-refractivity contribution in [3.63, 3.8) is 0 Å². The van der Waals surface area contributed by atoms with Crippen molar-refractivity contribution in [1.82, 2.24) is 20.5 Å². The van der Waals surface area contributed by atoms with Gasteiger partial charge in [-0.05, 0) is 68.9 Å². The van der Waals surface area contributed by atoms with E-state index in [1.165, 1.54) is 4.90 Å². The van der Waals surface area contributed by atoms with Crippen molar-refractivity contribution in [1.29, 1.82) is 0 Å². The Labute approximate surface area is 270 Å². The van der Waals surface area contributed by atoms with Crippen molar-refractivity contribution < 1.29 is 29.0 Å². The number of aliphatic hydroxyl groups is 1. The van der Waals surface area contributed by atoms with Crippen molar-refractivity contribution in [2.75, 3.05) is 13.2 Å². The Morgan fingerprint density at radius 2 is 1.73 bits per heavy atom. The zero-order chi connectivity index (χ0) is 32.9. The lowest BCUT2D eigenvalue weighted by molar-refractivity contribution is -0.145. The van der Waals surface area contributed by atoms with E-state index in [-0.39, 0.29) is 54.5 Å². The molecule has 1 saturated heterocycles. The smallest absolute Gasteiger partial charge is 0.306 e. The second kappa shape index (κ2) is 14.9. The van der Waals surface area contributed by atoms with Crippen molar-refractivity contribution in [2.24, 2.45) is 17.3 Å². The van der Waals surface area contributed by atoms with Crippen LogP contribution >= 0.6 is 11.3 Å². The number of hydrogen-bond donors (Lipinski definition) is 3. The van der Waals surface area contributed by atoms with Gasteiger partial charge in [0, 0.05) is 25.3 Å². The minimum absolute atomic E-state index is 0.0234. The van der Waals surface area contributed by atoms with Gasteiger partial charge in [0.25, 0.3) is 0 Å². The topological polar surface area (TPSA) is 138 Å². The molecule has 2 aliphatic rings. The molecule has 2 fully saturated rings. The number of aromatic nitrogens is 1. The Morgan fingerprint density at radius 1 is 1.07 bits per heavy atom. The molecule has 2 heterocycles. The predicted molar refractivity (Wildman–Crippen MR) is 173 cm³/mol. The first-order valence-corrected chi connectivity index (χ1v) is 16.9. The van der Waals surface area contributed by atoms with Crippen LogP contribution in [0.1, 0.15) is 90.4 Å². The Bertz CT molecular complexity index is 1350.